The molecule has 0 aromatic heterocycles. The zero-order valence-corrected chi connectivity index (χ0v) is 7.03. The van der Waals surface area contributed by atoms with Gasteiger partial charge in [-0.2, -0.15) is 0 Å². The summed E-state index contributed by atoms with van der Waals surface area (Å²) in [6.07, 6.45) is 0. The van der Waals surface area contributed by atoms with E-state index in [4.69, 9.17) is 6.66 Å². The van der Waals surface area contributed by atoms with Crippen molar-refractivity contribution in [1.29, 1.82) is 0 Å². The summed E-state index contributed by atoms with van der Waals surface area (Å²) < 4.78 is 16.7. The summed E-state index contributed by atoms with van der Waals surface area (Å²) in [5.74, 6) is 0. The molecule has 2 nitrogen and oxygen atoms in total. The van der Waals surface area contributed by atoms with Crippen LogP contribution in [0, 0.1) is 0 Å². The monoisotopic (exact) mass is 240 g/mol. The first-order chi connectivity index (χ1) is 2.00. The maximum atomic E-state index is 8.39. The van der Waals surface area contributed by atoms with E-state index in [1.807, 2.05) is 0 Å². The molecule has 0 aliphatic carbocycles. The van der Waals surface area contributed by atoms with Crippen LogP contribution in [0.2, 0.25) is 0 Å². The van der Waals surface area contributed by atoms with E-state index < -0.39 is 0 Å². The Hall–Kier alpha value is 1.00. The molecule has 0 aliphatic heterocycles. The molecule has 0 rings (SSSR count). The van der Waals surface area contributed by atoms with Crippen molar-refractivity contribution in [2.75, 3.05) is 0 Å². The van der Waals surface area contributed by atoms with Crippen molar-refractivity contribution in [3.05, 3.63) is 0 Å². The molecule has 0 saturated heterocycles. The van der Waals surface area contributed by atoms with Gasteiger partial charge in [-0.15, -0.1) is 0 Å². The van der Waals surface area contributed by atoms with Crippen molar-refractivity contribution < 1.29 is 31.0 Å². The average molecular weight is 238 g/mol. The molecule has 20 valence electrons. The van der Waals surface area contributed by atoms with E-state index in [9.17, 15) is 0 Å². The normalized spacial score (nSPS) is 1.50. The van der Waals surface area contributed by atoms with Gasteiger partial charge in [0.25, 0.3) is 0 Å². The van der Waals surface area contributed by atoms with Crippen molar-refractivity contribution in [1.82, 2.24) is 0 Å². The minimum absolute atomic E-state index is 0.0556. The van der Waals surface area contributed by atoms with Gasteiger partial charge in [0.1, 0.15) is 0 Å². The number of hydrogen-bond acceptors (Lipinski definition) is 2. The van der Waals surface area contributed by atoms with Crippen molar-refractivity contribution >= 4 is 16.2 Å². The first-order valence-electron chi connectivity index (χ1n) is 0.493. The Bertz CT molecular complexity index is 8.00. The van der Waals surface area contributed by atoms with Crippen molar-refractivity contribution in [2.45, 2.75) is 0 Å². The fourth-order valence-corrected chi connectivity index (χ4v) is 0. The maximum absolute atomic E-state index is 8.39. The Morgan fingerprint density at radius 2 is 1.25 bits per heavy atom. The van der Waals surface area contributed by atoms with Crippen LogP contribution < -0.4 is 0 Å². The molecule has 4 heavy (non-hydrogen) atoms. The van der Waals surface area contributed by atoms with Crippen LogP contribution in [0.4, 0.5) is 0 Å². The molecule has 0 saturated carbocycles. The number of hydrogen-bond donors (Lipinski definition) is 0. The second-order valence-electron chi connectivity index (χ2n) is 0. The minimum atomic E-state index is 0.0556. The molecule has 0 spiro atoms. The quantitative estimate of drug-likeness (QED) is 0.513. The third kappa shape index (κ3) is 12.0. The van der Waals surface area contributed by atoms with E-state index in [-0.39, 0.29) is 24.4 Å². The molecule has 0 atom stereocenters. The van der Waals surface area contributed by atoms with E-state index in [0.717, 1.165) is 0 Å². The Kier molecular flexibility index (Phi) is 79.8. The van der Waals surface area contributed by atoms with Gasteiger partial charge in [-0.05, 0) is 0 Å². The fraction of sp³-hybridized carbons (Fsp3) is 0. The van der Waals surface area contributed by atoms with Gasteiger partial charge in [0.2, 0.25) is 0 Å². The van der Waals surface area contributed by atoms with Crippen LogP contribution in [0.1, 0.15) is 0 Å². The molecule has 0 radical (unpaired) electrons. The summed E-state index contributed by atoms with van der Waals surface area (Å²) in [6.45, 7) is 0. The summed E-state index contributed by atoms with van der Waals surface area (Å²) in [4.78, 5) is 0. The molecule has 0 aromatic carbocycles. The van der Waals surface area contributed by atoms with Gasteiger partial charge in [-0.3, -0.25) is 0 Å². The van der Waals surface area contributed by atoms with Gasteiger partial charge in [-0.25, -0.2) is 0 Å². The first kappa shape index (κ1) is 8.89. The first-order valence-corrected chi connectivity index (χ1v) is 2.54. The summed E-state index contributed by atoms with van der Waals surface area (Å²) in [7, 11) is 0. The fourth-order valence-electron chi connectivity index (χ4n) is 0. The predicted molar refractivity (Wildman–Crippen MR) is 8.52 cm³/mol. The Balaban J connectivity index is 0. The zero-order valence-electron chi connectivity index (χ0n) is 2.02. The van der Waals surface area contributed by atoms with Crippen molar-refractivity contribution in [3.8, 4) is 0 Å². The molecular weight excluding hydrogens is 237 g/mol. The van der Waals surface area contributed by atoms with E-state index in [2.05, 4.69) is 0 Å². The Labute approximate surface area is 47.2 Å². The summed E-state index contributed by atoms with van der Waals surface area (Å²) in [5, 5.41) is 0. The summed E-state index contributed by atoms with van der Waals surface area (Å²) in [5.41, 5.74) is 0. The van der Waals surface area contributed by atoms with Crippen LogP contribution in [-0.2, 0) is 31.0 Å². The average Bonchev–Trinajstić information content (AvgIpc) is 1.50. The molecular formula is HAlHfO2. The van der Waals surface area contributed by atoms with E-state index in [1.54, 1.807) is 0 Å². The summed E-state index contributed by atoms with van der Waals surface area (Å²) in [6, 6.07) is 0. The third-order valence-corrected chi connectivity index (χ3v) is 0. The number of rotatable bonds is 0. The molecule has 4 heteroatoms. The Morgan fingerprint density at radius 3 is 1.25 bits per heavy atom. The van der Waals surface area contributed by atoms with Gasteiger partial charge in [-0.1, -0.05) is 0 Å². The van der Waals surface area contributed by atoms with Gasteiger partial charge in [0.15, 0.2) is 0 Å². The van der Waals surface area contributed by atoms with E-state index in [1.165, 1.54) is 0 Å². The standard InChI is InChI=1S/Al.Hf.2O.H. The SMILES string of the molecule is [O]=[AlH].[O]=[Hf]. The van der Waals surface area contributed by atoms with Crippen LogP contribution in [0.5, 0.6) is 0 Å². The molecule has 0 N–H and O–H groups in total. The van der Waals surface area contributed by atoms with E-state index >= 15 is 0 Å². The molecule has 0 heterocycles. The molecule has 0 bridgehead atoms. The zero-order chi connectivity index (χ0) is 4.00. The van der Waals surface area contributed by atoms with Gasteiger partial charge >= 0.3 is 47.3 Å². The third-order valence-electron chi connectivity index (χ3n) is 0. The van der Waals surface area contributed by atoms with Crippen LogP contribution in [0.3, 0.4) is 0 Å². The molecule has 0 aliphatic rings. The van der Waals surface area contributed by atoms with E-state index in [0.29, 0.717) is 16.2 Å². The molecule has 0 unspecified atom stereocenters. The van der Waals surface area contributed by atoms with Crippen LogP contribution in [0.15, 0.2) is 0 Å². The van der Waals surface area contributed by atoms with Crippen molar-refractivity contribution in [2.24, 2.45) is 0 Å². The predicted octanol–water partition coefficient (Wildman–Crippen LogP) is -0.889. The van der Waals surface area contributed by atoms with Crippen molar-refractivity contribution in [3.63, 3.8) is 0 Å². The topological polar surface area (TPSA) is 34.1 Å². The van der Waals surface area contributed by atoms with Gasteiger partial charge < -0.3 is 0 Å². The Morgan fingerprint density at radius 1 is 1.25 bits per heavy atom. The molecule has 0 amide bonds. The second kappa shape index (κ2) is 35.9. The summed E-state index contributed by atoms with van der Waals surface area (Å²) >= 11 is 0.667. The van der Waals surface area contributed by atoms with Crippen LogP contribution >= 0.6 is 0 Å². The second-order valence-corrected chi connectivity index (χ2v) is 0. The van der Waals surface area contributed by atoms with Crippen LogP contribution in [-0.4, -0.2) is 16.2 Å². The van der Waals surface area contributed by atoms with Gasteiger partial charge in [0, 0.05) is 0 Å². The molecule has 0 aromatic rings. The van der Waals surface area contributed by atoms with Crippen LogP contribution in [0.25, 0.3) is 0 Å². The van der Waals surface area contributed by atoms with Gasteiger partial charge in [0.05, 0.1) is 0 Å². The molecule has 0 fully saturated rings.